The summed E-state index contributed by atoms with van der Waals surface area (Å²) in [4.78, 5) is 11.2. The zero-order valence-corrected chi connectivity index (χ0v) is 12.7. The summed E-state index contributed by atoms with van der Waals surface area (Å²) in [7, 11) is 1.61. The quantitative estimate of drug-likeness (QED) is 0.622. The van der Waals surface area contributed by atoms with Gasteiger partial charge in [-0.15, -0.1) is 0 Å². The predicted octanol–water partition coefficient (Wildman–Crippen LogP) is 3.90. The molecule has 22 heavy (non-hydrogen) atoms. The van der Waals surface area contributed by atoms with Crippen LogP contribution in [0.25, 0.3) is 0 Å². The number of anilines is 1. The maximum Gasteiger partial charge on any atom is 0.236 e. The van der Waals surface area contributed by atoms with Crippen LogP contribution in [0, 0.1) is 10.1 Å². The number of hydrogen-bond acceptors (Lipinski definition) is 4. The summed E-state index contributed by atoms with van der Waals surface area (Å²) in [6, 6.07) is 15.8. The number of hydrogen-bond donors (Lipinski definition) is 1. The van der Waals surface area contributed by atoms with E-state index in [1.165, 1.54) is 0 Å². The Balaban J connectivity index is 2.29. The molecule has 0 aliphatic carbocycles. The van der Waals surface area contributed by atoms with Crippen molar-refractivity contribution in [3.63, 3.8) is 0 Å². The van der Waals surface area contributed by atoms with E-state index >= 15 is 0 Å². The van der Waals surface area contributed by atoms with Gasteiger partial charge in [-0.05, 0) is 29.8 Å². The lowest BCUT2D eigenvalue weighted by molar-refractivity contribution is -0.526. The Morgan fingerprint density at radius 3 is 2.27 bits per heavy atom. The summed E-state index contributed by atoms with van der Waals surface area (Å²) >= 11 is 0. The summed E-state index contributed by atoms with van der Waals surface area (Å²) in [5, 5.41) is 14.7. The molecule has 2 atom stereocenters. The highest BCUT2D eigenvalue weighted by Crippen LogP contribution is 2.27. The summed E-state index contributed by atoms with van der Waals surface area (Å²) in [5.41, 5.74) is 1.73. The molecule has 0 bridgehead atoms. The molecule has 0 amide bonds. The van der Waals surface area contributed by atoms with Gasteiger partial charge in [-0.2, -0.15) is 0 Å². The lowest BCUT2D eigenvalue weighted by Gasteiger charge is -2.23. The fourth-order valence-electron chi connectivity index (χ4n) is 2.44. The number of nitro groups is 1. The number of methoxy groups -OCH3 is 1. The highest BCUT2D eigenvalue weighted by Gasteiger charge is 2.31. The molecule has 0 radical (unpaired) electrons. The maximum atomic E-state index is 11.4. The lowest BCUT2D eigenvalue weighted by Crippen LogP contribution is -2.32. The summed E-state index contributed by atoms with van der Waals surface area (Å²) in [6.07, 6.45) is 0.454. The molecule has 0 aliphatic heterocycles. The van der Waals surface area contributed by atoms with Crippen molar-refractivity contribution in [2.75, 3.05) is 12.4 Å². The van der Waals surface area contributed by atoms with Gasteiger partial charge in [0.15, 0.2) is 0 Å². The van der Waals surface area contributed by atoms with Gasteiger partial charge < -0.3 is 10.1 Å². The summed E-state index contributed by atoms with van der Waals surface area (Å²) < 4.78 is 5.13. The molecule has 2 aromatic carbocycles. The molecular formula is C17H20N2O3. The first-order valence-corrected chi connectivity index (χ1v) is 7.24. The van der Waals surface area contributed by atoms with Crippen LogP contribution in [0.1, 0.15) is 24.9 Å². The number of nitrogens with one attached hydrogen (secondary N) is 1. The van der Waals surface area contributed by atoms with Crippen LogP contribution in [0.15, 0.2) is 54.6 Å². The third kappa shape index (κ3) is 3.75. The third-order valence-electron chi connectivity index (χ3n) is 3.64. The van der Waals surface area contributed by atoms with Gasteiger partial charge in [-0.25, -0.2) is 0 Å². The molecule has 0 aliphatic rings. The molecule has 2 aromatic rings. The Bertz CT molecular complexity index is 599. The molecule has 0 saturated heterocycles. The molecule has 116 valence electrons. The molecular weight excluding hydrogens is 280 g/mol. The monoisotopic (exact) mass is 300 g/mol. The van der Waals surface area contributed by atoms with Crippen LogP contribution in [0.4, 0.5) is 5.69 Å². The van der Waals surface area contributed by atoms with Crippen LogP contribution in [0.2, 0.25) is 0 Å². The van der Waals surface area contributed by atoms with Crippen molar-refractivity contribution >= 4 is 5.69 Å². The van der Waals surface area contributed by atoms with E-state index in [1.807, 2.05) is 61.5 Å². The average Bonchev–Trinajstić information content (AvgIpc) is 2.55. The Morgan fingerprint density at radius 2 is 1.77 bits per heavy atom. The van der Waals surface area contributed by atoms with Gasteiger partial charge in [0.1, 0.15) is 11.8 Å². The summed E-state index contributed by atoms with van der Waals surface area (Å²) in [5.74, 6) is 0.753. The normalized spacial score (nSPS) is 13.2. The fourth-order valence-corrected chi connectivity index (χ4v) is 2.44. The van der Waals surface area contributed by atoms with E-state index in [1.54, 1.807) is 7.11 Å². The van der Waals surface area contributed by atoms with Gasteiger partial charge in [-0.3, -0.25) is 10.1 Å². The van der Waals surface area contributed by atoms with Crippen molar-refractivity contribution in [1.29, 1.82) is 0 Å². The van der Waals surface area contributed by atoms with Gasteiger partial charge in [0, 0.05) is 17.0 Å². The Morgan fingerprint density at radius 1 is 1.14 bits per heavy atom. The van der Waals surface area contributed by atoms with E-state index in [2.05, 4.69) is 5.32 Å². The van der Waals surface area contributed by atoms with Gasteiger partial charge in [0.05, 0.1) is 7.11 Å². The van der Waals surface area contributed by atoms with Crippen molar-refractivity contribution in [1.82, 2.24) is 0 Å². The molecule has 0 aromatic heterocycles. The maximum absolute atomic E-state index is 11.4. The smallest absolute Gasteiger partial charge is 0.236 e. The largest absolute Gasteiger partial charge is 0.497 e. The first-order valence-electron chi connectivity index (χ1n) is 7.24. The number of nitrogens with zero attached hydrogens (tertiary/aromatic N) is 1. The van der Waals surface area contributed by atoms with E-state index in [0.29, 0.717) is 6.42 Å². The van der Waals surface area contributed by atoms with Crippen LogP contribution in [-0.2, 0) is 0 Å². The van der Waals surface area contributed by atoms with Gasteiger partial charge in [0.25, 0.3) is 0 Å². The molecule has 1 N–H and O–H groups in total. The number of rotatable bonds is 7. The van der Waals surface area contributed by atoms with Crippen LogP contribution in [0.5, 0.6) is 5.75 Å². The number of ether oxygens (including phenoxy) is 1. The van der Waals surface area contributed by atoms with Crippen molar-refractivity contribution in [3.8, 4) is 5.75 Å². The molecule has 0 heterocycles. The van der Waals surface area contributed by atoms with E-state index in [9.17, 15) is 10.1 Å². The molecule has 0 saturated carbocycles. The SMILES string of the molecule is CC[C@@H]([C@@H](Nc1ccc(OC)cc1)c1ccccc1)[N+](=O)[O-]. The topological polar surface area (TPSA) is 64.4 Å². The molecule has 5 nitrogen and oxygen atoms in total. The van der Waals surface area contributed by atoms with E-state index in [-0.39, 0.29) is 11.0 Å². The lowest BCUT2D eigenvalue weighted by atomic mass is 9.97. The van der Waals surface area contributed by atoms with Crippen molar-refractivity contribution < 1.29 is 9.66 Å². The van der Waals surface area contributed by atoms with Gasteiger partial charge in [-0.1, -0.05) is 37.3 Å². The van der Waals surface area contributed by atoms with Crippen LogP contribution in [0.3, 0.4) is 0 Å². The van der Waals surface area contributed by atoms with Gasteiger partial charge >= 0.3 is 0 Å². The second-order valence-electron chi connectivity index (χ2n) is 5.02. The summed E-state index contributed by atoms with van der Waals surface area (Å²) in [6.45, 7) is 1.83. The van der Waals surface area contributed by atoms with Gasteiger partial charge in [0.2, 0.25) is 6.04 Å². The Kier molecular flexibility index (Phi) is 5.36. The minimum atomic E-state index is -0.690. The van der Waals surface area contributed by atoms with E-state index in [4.69, 9.17) is 4.74 Å². The first kappa shape index (κ1) is 15.8. The highest BCUT2D eigenvalue weighted by molar-refractivity contribution is 5.48. The molecule has 0 spiro atoms. The standard InChI is InChI=1S/C17H20N2O3/c1-3-16(19(20)21)17(13-7-5-4-6-8-13)18-14-9-11-15(22-2)12-10-14/h4-12,16-18H,3H2,1-2H3/t16-,17-/m0/s1. The zero-order valence-electron chi connectivity index (χ0n) is 12.7. The van der Waals surface area contributed by atoms with E-state index < -0.39 is 6.04 Å². The van der Waals surface area contributed by atoms with Crippen LogP contribution >= 0.6 is 0 Å². The fraction of sp³-hybridized carbons (Fsp3) is 0.294. The predicted molar refractivity (Wildman–Crippen MR) is 86.9 cm³/mol. The highest BCUT2D eigenvalue weighted by atomic mass is 16.6. The Hall–Kier alpha value is -2.56. The molecule has 5 heteroatoms. The van der Waals surface area contributed by atoms with Crippen molar-refractivity contribution in [3.05, 3.63) is 70.3 Å². The number of benzene rings is 2. The van der Waals surface area contributed by atoms with Crippen molar-refractivity contribution in [2.24, 2.45) is 0 Å². The van der Waals surface area contributed by atoms with E-state index in [0.717, 1.165) is 17.0 Å². The first-order chi connectivity index (χ1) is 10.7. The molecule has 0 fully saturated rings. The van der Waals surface area contributed by atoms with Crippen LogP contribution in [-0.4, -0.2) is 18.1 Å². The van der Waals surface area contributed by atoms with Crippen LogP contribution < -0.4 is 10.1 Å². The minimum absolute atomic E-state index is 0.214. The average molecular weight is 300 g/mol. The second kappa shape index (κ2) is 7.45. The second-order valence-corrected chi connectivity index (χ2v) is 5.02. The minimum Gasteiger partial charge on any atom is -0.497 e. The third-order valence-corrected chi connectivity index (χ3v) is 3.64. The Labute approximate surface area is 130 Å². The molecule has 0 unspecified atom stereocenters. The molecule has 2 rings (SSSR count). The van der Waals surface area contributed by atoms with Crippen molar-refractivity contribution in [2.45, 2.75) is 25.4 Å². The zero-order chi connectivity index (χ0) is 15.9.